The van der Waals surface area contributed by atoms with Crippen LogP contribution in [0.1, 0.15) is 11.5 Å². The highest BCUT2D eigenvalue weighted by molar-refractivity contribution is 5.96. The van der Waals surface area contributed by atoms with Crippen LogP contribution in [0.3, 0.4) is 0 Å². The summed E-state index contributed by atoms with van der Waals surface area (Å²) in [5.41, 5.74) is 6.77. The van der Waals surface area contributed by atoms with Crippen molar-refractivity contribution in [3.63, 3.8) is 0 Å². The van der Waals surface area contributed by atoms with Crippen LogP contribution in [0.15, 0.2) is 35.9 Å². The van der Waals surface area contributed by atoms with Crippen molar-refractivity contribution in [2.75, 3.05) is 0 Å². The van der Waals surface area contributed by atoms with Crippen molar-refractivity contribution in [1.82, 2.24) is 24.1 Å². The van der Waals surface area contributed by atoms with E-state index in [9.17, 15) is 0 Å². The van der Waals surface area contributed by atoms with Gasteiger partial charge in [-0.15, -0.1) is 10.2 Å². The van der Waals surface area contributed by atoms with Gasteiger partial charge in [-0.1, -0.05) is 5.16 Å². The molecule has 0 radical (unpaired) electrons. The SMILES string of the molecule is Cc1nnc2c(-n3cccc3/C(N)=N/O)nccn12. The number of aromatic nitrogens is 5. The van der Waals surface area contributed by atoms with Gasteiger partial charge < -0.3 is 10.9 Å². The second kappa shape index (κ2) is 4.09. The molecule has 8 nitrogen and oxygen atoms in total. The van der Waals surface area contributed by atoms with E-state index in [0.29, 0.717) is 17.2 Å². The second-order valence-electron chi connectivity index (χ2n) is 3.94. The summed E-state index contributed by atoms with van der Waals surface area (Å²) in [6.07, 6.45) is 5.19. The van der Waals surface area contributed by atoms with Gasteiger partial charge in [0.05, 0.1) is 5.69 Å². The molecule has 3 rings (SSSR count). The topological polar surface area (TPSA) is 107 Å². The van der Waals surface area contributed by atoms with E-state index in [1.54, 1.807) is 35.3 Å². The number of rotatable bonds is 2. The molecule has 0 spiro atoms. The Morgan fingerprint density at radius 3 is 3.00 bits per heavy atom. The van der Waals surface area contributed by atoms with E-state index >= 15 is 0 Å². The molecule has 3 heterocycles. The van der Waals surface area contributed by atoms with Crippen molar-refractivity contribution >= 4 is 11.5 Å². The van der Waals surface area contributed by atoms with Gasteiger partial charge in [0, 0.05) is 18.6 Å². The molecule has 0 bridgehead atoms. The molecule has 8 heteroatoms. The largest absolute Gasteiger partial charge is 0.409 e. The van der Waals surface area contributed by atoms with Crippen LogP contribution in [0.25, 0.3) is 11.5 Å². The van der Waals surface area contributed by atoms with Crippen molar-refractivity contribution < 1.29 is 5.21 Å². The van der Waals surface area contributed by atoms with Crippen LogP contribution >= 0.6 is 0 Å². The van der Waals surface area contributed by atoms with Gasteiger partial charge in [-0.3, -0.25) is 8.97 Å². The number of aryl methyl sites for hydroxylation is 1. The van der Waals surface area contributed by atoms with Crippen LogP contribution in [0.4, 0.5) is 0 Å². The lowest BCUT2D eigenvalue weighted by Crippen LogP contribution is -2.18. The number of oxime groups is 1. The van der Waals surface area contributed by atoms with E-state index in [4.69, 9.17) is 10.9 Å². The lowest BCUT2D eigenvalue weighted by molar-refractivity contribution is 0.318. The minimum atomic E-state index is 0.00467. The van der Waals surface area contributed by atoms with E-state index in [1.165, 1.54) is 0 Å². The third-order valence-corrected chi connectivity index (χ3v) is 2.83. The number of nitrogens with zero attached hydrogens (tertiary/aromatic N) is 6. The third kappa shape index (κ3) is 1.61. The molecule has 0 unspecified atom stereocenters. The molecule has 19 heavy (non-hydrogen) atoms. The smallest absolute Gasteiger partial charge is 0.204 e. The van der Waals surface area contributed by atoms with Gasteiger partial charge in [-0.05, 0) is 19.1 Å². The molecule has 0 aliphatic heterocycles. The van der Waals surface area contributed by atoms with E-state index < -0.39 is 0 Å². The van der Waals surface area contributed by atoms with Crippen LogP contribution in [0.2, 0.25) is 0 Å². The zero-order valence-corrected chi connectivity index (χ0v) is 10.1. The maximum atomic E-state index is 8.79. The van der Waals surface area contributed by atoms with Crippen LogP contribution in [0, 0.1) is 6.92 Å². The molecular weight excluding hydrogens is 246 g/mol. The van der Waals surface area contributed by atoms with Crippen molar-refractivity contribution in [1.29, 1.82) is 0 Å². The number of hydrogen-bond acceptors (Lipinski definition) is 5. The highest BCUT2D eigenvalue weighted by atomic mass is 16.4. The average Bonchev–Trinajstić information content (AvgIpc) is 3.05. The first-order valence-corrected chi connectivity index (χ1v) is 5.54. The predicted molar refractivity (Wildman–Crippen MR) is 67.4 cm³/mol. The minimum absolute atomic E-state index is 0.00467. The van der Waals surface area contributed by atoms with Gasteiger partial charge in [0.15, 0.2) is 11.7 Å². The zero-order valence-electron chi connectivity index (χ0n) is 10.1. The highest BCUT2D eigenvalue weighted by Gasteiger charge is 2.14. The molecule has 0 saturated carbocycles. The zero-order chi connectivity index (χ0) is 13.4. The van der Waals surface area contributed by atoms with E-state index in [0.717, 1.165) is 5.82 Å². The second-order valence-corrected chi connectivity index (χ2v) is 3.94. The highest BCUT2D eigenvalue weighted by Crippen LogP contribution is 2.15. The fraction of sp³-hybridized carbons (Fsp3) is 0.0909. The van der Waals surface area contributed by atoms with Gasteiger partial charge in [0.1, 0.15) is 5.82 Å². The van der Waals surface area contributed by atoms with Gasteiger partial charge in [-0.2, -0.15) is 0 Å². The summed E-state index contributed by atoms with van der Waals surface area (Å²) in [5, 5.41) is 19.9. The van der Waals surface area contributed by atoms with Crippen molar-refractivity contribution in [3.05, 3.63) is 42.2 Å². The summed E-state index contributed by atoms with van der Waals surface area (Å²) < 4.78 is 3.51. The molecule has 3 aromatic rings. The standard InChI is InChI=1S/C11H11N7O/c1-7-14-15-11-10(13-4-6-17(7)11)18-5-2-3-8(18)9(12)16-19/h2-6,19H,1H3,(H2,12,16). The van der Waals surface area contributed by atoms with Gasteiger partial charge in [0.25, 0.3) is 0 Å². The van der Waals surface area contributed by atoms with Crippen molar-refractivity contribution in [2.24, 2.45) is 10.9 Å². The number of fused-ring (bicyclic) bond motifs is 1. The molecule has 0 aliphatic carbocycles. The van der Waals surface area contributed by atoms with E-state index in [2.05, 4.69) is 20.3 Å². The monoisotopic (exact) mass is 257 g/mol. The fourth-order valence-electron chi connectivity index (χ4n) is 1.92. The van der Waals surface area contributed by atoms with E-state index in [1.807, 2.05) is 11.3 Å². The normalized spacial score (nSPS) is 12.2. The van der Waals surface area contributed by atoms with Crippen molar-refractivity contribution in [3.8, 4) is 5.82 Å². The molecule has 0 aliphatic rings. The number of hydrogen-bond donors (Lipinski definition) is 2. The summed E-state index contributed by atoms with van der Waals surface area (Å²) in [6.45, 7) is 1.85. The molecule has 0 amide bonds. The molecule has 3 N–H and O–H groups in total. The quantitative estimate of drug-likeness (QED) is 0.297. The first kappa shape index (κ1) is 11.2. The van der Waals surface area contributed by atoms with Gasteiger partial charge in [-0.25, -0.2) is 4.98 Å². The molecular formula is C11H11N7O. The molecule has 0 aromatic carbocycles. The van der Waals surface area contributed by atoms with Crippen molar-refractivity contribution in [2.45, 2.75) is 6.92 Å². The summed E-state index contributed by atoms with van der Waals surface area (Å²) in [4.78, 5) is 4.29. The Hall–Kier alpha value is -2.90. The molecule has 0 fully saturated rings. The van der Waals surface area contributed by atoms with Gasteiger partial charge >= 0.3 is 0 Å². The Labute approximate surface area is 107 Å². The Morgan fingerprint density at radius 2 is 2.21 bits per heavy atom. The lowest BCUT2D eigenvalue weighted by Gasteiger charge is -2.07. The maximum absolute atomic E-state index is 8.79. The Kier molecular flexibility index (Phi) is 2.41. The molecule has 0 saturated heterocycles. The Bertz CT molecular complexity index is 770. The molecule has 96 valence electrons. The summed E-state index contributed by atoms with van der Waals surface area (Å²) >= 11 is 0. The predicted octanol–water partition coefficient (Wildman–Crippen LogP) is 0.318. The minimum Gasteiger partial charge on any atom is -0.409 e. The Balaban J connectivity index is 2.28. The van der Waals surface area contributed by atoms with E-state index in [-0.39, 0.29) is 5.84 Å². The Morgan fingerprint density at radius 1 is 1.37 bits per heavy atom. The fourth-order valence-corrected chi connectivity index (χ4v) is 1.92. The molecule has 0 atom stereocenters. The number of amidine groups is 1. The average molecular weight is 257 g/mol. The third-order valence-electron chi connectivity index (χ3n) is 2.83. The van der Waals surface area contributed by atoms with Crippen LogP contribution < -0.4 is 5.73 Å². The van der Waals surface area contributed by atoms with Crippen LogP contribution in [0.5, 0.6) is 0 Å². The molecule has 3 aromatic heterocycles. The first-order valence-electron chi connectivity index (χ1n) is 5.54. The summed E-state index contributed by atoms with van der Waals surface area (Å²) in [6, 6.07) is 3.51. The first-order chi connectivity index (χ1) is 9.22. The lowest BCUT2D eigenvalue weighted by atomic mass is 10.4. The maximum Gasteiger partial charge on any atom is 0.204 e. The number of nitrogens with two attached hydrogens (primary N) is 1. The summed E-state index contributed by atoms with van der Waals surface area (Å²) in [5.74, 6) is 1.33. The van der Waals surface area contributed by atoms with Gasteiger partial charge in [0.2, 0.25) is 5.65 Å². The summed E-state index contributed by atoms with van der Waals surface area (Å²) in [7, 11) is 0. The van der Waals surface area contributed by atoms with Crippen LogP contribution in [-0.2, 0) is 0 Å². The van der Waals surface area contributed by atoms with Crippen LogP contribution in [-0.4, -0.2) is 35.2 Å².